The van der Waals surface area contributed by atoms with E-state index in [1.165, 1.54) is 151 Å². The molecule has 3 aromatic heterocycles. The zero-order valence-electron chi connectivity index (χ0n) is 69.9. The molecular formula is C95H130F3N3O12S. The monoisotopic (exact) mass is 1590 g/mol. The molecule has 2 saturated heterocycles. The third kappa shape index (κ3) is 15.9. The van der Waals surface area contributed by atoms with Gasteiger partial charge < -0.3 is 18.8 Å². The maximum atomic E-state index is 12.8. The van der Waals surface area contributed by atoms with E-state index < -0.39 is 21.0 Å². The van der Waals surface area contributed by atoms with E-state index in [9.17, 15) is 36.3 Å². The van der Waals surface area contributed by atoms with Gasteiger partial charge in [0.25, 0.3) is 0 Å². The van der Waals surface area contributed by atoms with Crippen LogP contribution in [0.4, 0.5) is 13.2 Å². The number of alkyl halides is 3. The lowest BCUT2D eigenvalue weighted by molar-refractivity contribution is -0.193. The van der Waals surface area contributed by atoms with Gasteiger partial charge in [0.1, 0.15) is 5.76 Å². The minimum absolute atomic E-state index is 0.0178. The molecule has 0 bridgehead atoms. The third-order valence-electron chi connectivity index (χ3n) is 34.8. The molecule has 0 aromatic carbocycles. The number of hydrogen-bond acceptors (Lipinski definition) is 15. The third-order valence-corrected chi connectivity index (χ3v) is 35.8. The van der Waals surface area contributed by atoms with Crippen molar-refractivity contribution < 1.29 is 69.1 Å². The number of ether oxygens (including phenoxy) is 2. The number of aliphatic hydroxyl groups is 1. The molecule has 15 nitrogen and oxygen atoms in total. The minimum atomic E-state index is -5.66. The molecular weight excluding hydrogens is 1460 g/mol. The fourth-order valence-electron chi connectivity index (χ4n) is 29.0. The Bertz CT molecular complexity index is 4050. The standard InChI is InChI=1S/C25H37N.C24H31NO2.C24H35NO.C20H27F3O5S.2CO2/c1-5-14-24(3)19(6-2)9-10-20-22-12-11-21(18-8-7-16-26-17-18)25(22,4)15-13-23(20)24;1-23-12-10-22(26)27-15-17(23)5-6-18-20-8-7-19(16-4-3-13-25-14-16)24(20,2)11-9-21(18)23;1-4-12-23(2)18(16-26)7-8-19-21-10-9-20(17-6-5-14-25-15-17)24(21,3)13-11-22(19)23;1-18-10-8-17(24)27-11-12(18)3-4-13-14-5-6-16(19(14,2)9-7-15(13)18)28-29(25,26)20(21,22)23;2*2-1-3/h7-8,11,16-17,19-20,22-23H,5-6,9-10,12-15H2,1-4H3;3-4,7,13-14,17-18,20-21H,5-6,8-12,15H2,1-2H3;5-6,9,14-15,18-19,21-22,26H,4,7-8,10-13,16H2,1-3H3;6,12-15H,3-5,7-11H2,1-2H3;;/t19-,20+,22+,23+,24+,25-;17-,18-,20-,21-,23-,24+;18-,19-,21-,22-,23-,24+;12-,13-,14-,15-,18-,19-;;/m1000../s1. The summed E-state index contributed by atoms with van der Waals surface area (Å²) in [4.78, 5) is 69.4. The van der Waals surface area contributed by atoms with Crippen molar-refractivity contribution >= 4 is 51.1 Å². The molecule has 14 aliphatic rings. The van der Waals surface area contributed by atoms with Crippen LogP contribution in [0.5, 0.6) is 0 Å². The maximum Gasteiger partial charge on any atom is 0.534 e. The van der Waals surface area contributed by atoms with Crippen molar-refractivity contribution in [3.8, 4) is 0 Å². The van der Waals surface area contributed by atoms with Crippen molar-refractivity contribution in [2.75, 3.05) is 19.8 Å². The number of rotatable bonds is 11. The number of allylic oxidation sites excluding steroid dienone is 8. The summed E-state index contributed by atoms with van der Waals surface area (Å²) in [6.45, 7) is 27.9. The minimum Gasteiger partial charge on any atom is -0.465 e. The van der Waals surface area contributed by atoms with Gasteiger partial charge in [-0.2, -0.15) is 40.8 Å². The van der Waals surface area contributed by atoms with Gasteiger partial charge in [-0.1, -0.05) is 132 Å². The second-order valence-electron chi connectivity index (χ2n) is 39.1. The van der Waals surface area contributed by atoms with Crippen LogP contribution >= 0.6 is 0 Å². The first-order valence-corrected chi connectivity index (χ1v) is 45.2. The molecule has 10 fully saturated rings. The van der Waals surface area contributed by atoms with Gasteiger partial charge in [-0.05, 0) is 344 Å². The molecule has 3 aromatic rings. The molecule has 12 aliphatic carbocycles. The number of fused-ring (bicyclic) bond motifs is 16. The molecule has 0 spiro atoms. The Morgan fingerprint density at radius 2 is 0.816 bits per heavy atom. The molecule has 0 unspecified atom stereocenters. The van der Waals surface area contributed by atoms with E-state index in [2.05, 4.69) is 155 Å². The lowest BCUT2D eigenvalue weighted by Gasteiger charge is -2.59. The van der Waals surface area contributed by atoms with Gasteiger partial charge in [0.05, 0.1) is 13.2 Å². The van der Waals surface area contributed by atoms with E-state index in [1.807, 2.05) is 31.7 Å². The van der Waals surface area contributed by atoms with Gasteiger partial charge in [0.2, 0.25) is 0 Å². The SMILES string of the molecule is CCC[C@@]1(C)[C@H](CC)CC[C@@H]2[C@@H]1CC[C@]1(C)C(c3cccnc3)=CC[C@@H]21.CCC[C@@]1(C)[C@H](CO)CC[C@@H]2[C@@H]1CC[C@]1(C)C(c3cccnc3)=CC[C@@H]21.C[C@]12CCC(=O)OC[C@@H]1CC[C@@H]1[C@@H]2CC[C@]2(C)C(OS(=O)(=O)C(F)(F)F)=CC[C@@H]12.C[C@]12CCC(=O)OC[C@@H]1CC[C@@H]1[C@@H]2CC[C@]2(C)C(c3cccnc3)=CC[C@@H]12.O=C=O.O=C=O. The summed E-state index contributed by atoms with van der Waals surface area (Å²) in [6, 6.07) is 13.0. The van der Waals surface area contributed by atoms with Crippen LogP contribution in [0.1, 0.15) is 279 Å². The van der Waals surface area contributed by atoms with Gasteiger partial charge in [0.15, 0.2) is 0 Å². The number of carbonyl (C=O) groups excluding carboxylic acids is 6. The van der Waals surface area contributed by atoms with E-state index >= 15 is 0 Å². The Labute approximate surface area is 677 Å². The number of hydrogen-bond donors (Lipinski definition) is 1. The Kier molecular flexibility index (Phi) is 26.6. The van der Waals surface area contributed by atoms with Crippen LogP contribution in [0.25, 0.3) is 16.7 Å². The van der Waals surface area contributed by atoms with Gasteiger partial charge in [-0.3, -0.25) is 24.5 Å². The highest BCUT2D eigenvalue weighted by molar-refractivity contribution is 7.87. The number of aliphatic hydroxyl groups excluding tert-OH is 1. The summed E-state index contributed by atoms with van der Waals surface area (Å²) in [6.07, 6.45) is 54.3. The highest BCUT2D eigenvalue weighted by Crippen LogP contribution is 2.71. The molecule has 114 heavy (non-hydrogen) atoms. The fraction of sp³-hybridized carbons (Fsp3) is 0.716. The molecule has 2 aliphatic heterocycles. The summed E-state index contributed by atoms with van der Waals surface area (Å²) < 4.78 is 77.2. The molecule has 19 heteroatoms. The van der Waals surface area contributed by atoms with E-state index in [0.717, 1.165) is 91.3 Å². The van der Waals surface area contributed by atoms with Crippen molar-refractivity contribution in [1.82, 2.24) is 15.0 Å². The normalized spacial score (nSPS) is 40.5. The Hall–Kier alpha value is -6.39. The van der Waals surface area contributed by atoms with Crippen molar-refractivity contribution in [1.29, 1.82) is 0 Å². The molecule has 17 rings (SSSR count). The number of carbonyl (C=O) groups is 2. The topological polar surface area (TPSA) is 223 Å². The van der Waals surface area contributed by atoms with E-state index in [-0.39, 0.29) is 58.1 Å². The Morgan fingerprint density at radius 3 is 1.18 bits per heavy atom. The van der Waals surface area contributed by atoms with E-state index in [0.29, 0.717) is 90.8 Å². The van der Waals surface area contributed by atoms with Crippen LogP contribution < -0.4 is 0 Å². The first-order valence-electron chi connectivity index (χ1n) is 43.8. The molecule has 624 valence electrons. The first-order chi connectivity index (χ1) is 54.3. The fourth-order valence-corrected chi connectivity index (χ4v) is 29.6. The quantitative estimate of drug-likeness (QED) is 0.107. The molecule has 0 amide bonds. The van der Waals surface area contributed by atoms with Gasteiger partial charge in [0, 0.05) is 62.0 Å². The van der Waals surface area contributed by atoms with Crippen molar-refractivity contribution in [3.05, 3.63) is 120 Å². The predicted molar refractivity (Wildman–Crippen MR) is 431 cm³/mol. The summed E-state index contributed by atoms with van der Waals surface area (Å²) in [5.74, 6) is 10.1. The van der Waals surface area contributed by atoms with Gasteiger partial charge >= 0.3 is 39.9 Å². The number of nitrogens with zero attached hydrogens (tertiary/aromatic N) is 3. The average Bonchev–Trinajstić information content (AvgIpc) is 1.49. The molecule has 24 atom stereocenters. The number of aromatic nitrogens is 3. The lowest BCUT2D eigenvalue weighted by Crippen LogP contribution is -2.52. The average molecular weight is 1600 g/mol. The van der Waals surface area contributed by atoms with Crippen LogP contribution in [0.2, 0.25) is 0 Å². The van der Waals surface area contributed by atoms with E-state index in [1.54, 1.807) is 17.2 Å². The number of cyclic esters (lactones) is 2. The second-order valence-corrected chi connectivity index (χ2v) is 40.7. The van der Waals surface area contributed by atoms with Crippen molar-refractivity contribution in [2.24, 2.45) is 138 Å². The largest absolute Gasteiger partial charge is 0.534 e. The van der Waals surface area contributed by atoms with Crippen LogP contribution in [0.15, 0.2) is 104 Å². The van der Waals surface area contributed by atoms with Crippen molar-refractivity contribution in [2.45, 2.75) is 268 Å². The van der Waals surface area contributed by atoms with Crippen molar-refractivity contribution in [3.63, 3.8) is 0 Å². The number of halogens is 3. The summed E-state index contributed by atoms with van der Waals surface area (Å²) in [5.41, 5.74) is 4.65. The van der Waals surface area contributed by atoms with E-state index in [4.69, 9.17) is 28.7 Å². The Morgan fingerprint density at radius 1 is 0.474 bits per heavy atom. The zero-order chi connectivity index (χ0) is 82.0. The highest BCUT2D eigenvalue weighted by atomic mass is 32.2. The maximum absolute atomic E-state index is 12.8. The zero-order valence-corrected chi connectivity index (χ0v) is 70.7. The van der Waals surface area contributed by atoms with Gasteiger partial charge in [-0.25, -0.2) is 0 Å². The Balaban J connectivity index is 0.000000137. The predicted octanol–water partition coefficient (Wildman–Crippen LogP) is 21.5. The second kappa shape index (κ2) is 34.9. The van der Waals surface area contributed by atoms with Crippen LogP contribution in [-0.4, -0.2) is 78.0 Å². The molecule has 8 saturated carbocycles. The lowest BCUT2D eigenvalue weighted by atomic mass is 9.46. The molecule has 5 heterocycles. The van der Waals surface area contributed by atoms with Crippen LogP contribution in [0.3, 0.4) is 0 Å². The van der Waals surface area contributed by atoms with Crippen LogP contribution in [0, 0.1) is 138 Å². The summed E-state index contributed by atoms with van der Waals surface area (Å²) in [5, 5.41) is 10.1. The summed E-state index contributed by atoms with van der Waals surface area (Å²) in [7, 11) is -5.66. The number of pyridine rings is 3. The smallest absolute Gasteiger partial charge is 0.465 e. The molecule has 0 radical (unpaired) electrons. The highest BCUT2D eigenvalue weighted by Gasteiger charge is 2.64. The molecule has 1 N–H and O–H groups in total. The van der Waals surface area contributed by atoms with Gasteiger partial charge in [-0.15, -0.1) is 0 Å². The first kappa shape index (κ1) is 86.9. The summed E-state index contributed by atoms with van der Waals surface area (Å²) >= 11 is 0. The van der Waals surface area contributed by atoms with Crippen LogP contribution in [-0.2, 0) is 52.5 Å². The number of esters is 2.